The topological polar surface area (TPSA) is 17.1 Å². The van der Waals surface area contributed by atoms with Crippen molar-refractivity contribution in [3.8, 4) is 0 Å². The Hall–Kier alpha value is -0.0200. The molecule has 0 rings (SSSR count). The van der Waals surface area contributed by atoms with Crippen molar-refractivity contribution >= 4 is 16.9 Å². The van der Waals surface area contributed by atoms with Crippen LogP contribution in [0.25, 0.3) is 0 Å². The van der Waals surface area contributed by atoms with Gasteiger partial charge in [-0.25, -0.2) is 0 Å². The summed E-state index contributed by atoms with van der Waals surface area (Å²) in [4.78, 5) is 11.5. The Labute approximate surface area is 112 Å². The Morgan fingerprint density at radius 1 is 0.941 bits per heavy atom. The first-order valence-corrected chi connectivity index (χ1v) is 8.13. The molecule has 0 aromatic heterocycles. The molecule has 0 aromatic rings. The molecule has 2 nitrogen and oxygen atoms in total. The predicted octanol–water partition coefficient (Wildman–Crippen LogP) is 3.70. The average Bonchev–Trinajstić information content (AvgIpc) is 2.30. The molecule has 0 heterocycles. The number of carbonyl (C=O) groups is 1. The molecule has 0 aliphatic rings. The molecule has 0 fully saturated rings. The van der Waals surface area contributed by atoms with Gasteiger partial charge in [-0.2, -0.15) is 0 Å². The van der Waals surface area contributed by atoms with E-state index in [2.05, 4.69) is 27.7 Å². The average molecular weight is 260 g/mol. The van der Waals surface area contributed by atoms with Gasteiger partial charge in [0.25, 0.3) is 0 Å². The van der Waals surface area contributed by atoms with E-state index in [4.69, 9.17) is 0 Å². The van der Waals surface area contributed by atoms with Crippen molar-refractivity contribution < 1.29 is 9.28 Å². The summed E-state index contributed by atoms with van der Waals surface area (Å²) in [6, 6.07) is 0. The fourth-order valence-corrected chi connectivity index (χ4v) is 3.44. The van der Waals surface area contributed by atoms with Gasteiger partial charge in [-0.1, -0.05) is 32.5 Å². The molecular weight excluding hydrogens is 230 g/mol. The first-order chi connectivity index (χ1) is 8.14. The molecule has 0 aliphatic heterocycles. The zero-order valence-electron chi connectivity index (χ0n) is 12.1. The number of rotatable bonds is 10. The molecule has 0 unspecified atom stereocenters. The molecule has 0 saturated carbocycles. The van der Waals surface area contributed by atoms with Crippen LogP contribution in [0, 0.1) is 0 Å². The van der Waals surface area contributed by atoms with Crippen LogP contribution in [0.2, 0.25) is 0 Å². The summed E-state index contributed by atoms with van der Waals surface area (Å²) in [5.74, 6) is 0.993. The molecular formula is C14H30NOS+. The third-order valence-corrected chi connectivity index (χ3v) is 4.26. The van der Waals surface area contributed by atoms with Gasteiger partial charge < -0.3 is 4.48 Å². The first-order valence-electron chi connectivity index (χ1n) is 7.14. The lowest BCUT2D eigenvalue weighted by Crippen LogP contribution is -2.50. The zero-order chi connectivity index (χ0) is 13.1. The second-order valence-corrected chi connectivity index (χ2v) is 5.95. The van der Waals surface area contributed by atoms with Crippen LogP contribution in [0.1, 0.15) is 53.4 Å². The molecule has 3 heteroatoms. The molecule has 0 saturated heterocycles. The third kappa shape index (κ3) is 7.10. The van der Waals surface area contributed by atoms with Gasteiger partial charge in [0.1, 0.15) is 0 Å². The molecule has 0 radical (unpaired) electrons. The maximum atomic E-state index is 11.5. The van der Waals surface area contributed by atoms with Crippen LogP contribution in [0.15, 0.2) is 0 Å². The minimum absolute atomic E-state index is 0.370. The fraction of sp³-hybridized carbons (Fsp3) is 0.929. The van der Waals surface area contributed by atoms with Gasteiger partial charge in [-0.05, 0) is 26.2 Å². The van der Waals surface area contributed by atoms with Crippen molar-refractivity contribution in [2.45, 2.75) is 53.4 Å². The van der Waals surface area contributed by atoms with E-state index in [1.54, 1.807) is 11.8 Å². The molecule has 17 heavy (non-hydrogen) atoms. The van der Waals surface area contributed by atoms with Crippen LogP contribution in [0.4, 0.5) is 0 Å². The summed E-state index contributed by atoms with van der Waals surface area (Å²) in [7, 11) is 0. The van der Waals surface area contributed by atoms with E-state index in [1.165, 1.54) is 37.0 Å². The molecule has 0 aliphatic carbocycles. The van der Waals surface area contributed by atoms with E-state index in [1.807, 2.05) is 0 Å². The van der Waals surface area contributed by atoms with E-state index in [-0.39, 0.29) is 0 Å². The van der Waals surface area contributed by atoms with Gasteiger partial charge in [-0.3, -0.25) is 4.79 Å². The quantitative estimate of drug-likeness (QED) is 0.557. The van der Waals surface area contributed by atoms with Gasteiger partial charge in [0.15, 0.2) is 5.12 Å². The lowest BCUT2D eigenvalue weighted by Gasteiger charge is -2.37. The normalized spacial score (nSPS) is 11.8. The molecule has 0 N–H and O–H groups in total. The van der Waals surface area contributed by atoms with Gasteiger partial charge in [0, 0.05) is 6.42 Å². The lowest BCUT2D eigenvalue weighted by molar-refractivity contribution is -0.924. The number of hydrogen-bond acceptors (Lipinski definition) is 2. The van der Waals surface area contributed by atoms with Crippen molar-refractivity contribution in [2.24, 2.45) is 0 Å². The maximum Gasteiger partial charge on any atom is 0.189 e. The van der Waals surface area contributed by atoms with Gasteiger partial charge in [0.2, 0.25) is 0 Å². The summed E-state index contributed by atoms with van der Waals surface area (Å²) in [6.07, 6.45) is 4.19. The monoisotopic (exact) mass is 260 g/mol. The molecule has 0 spiro atoms. The van der Waals surface area contributed by atoms with Crippen molar-refractivity contribution in [3.05, 3.63) is 0 Å². The predicted molar refractivity (Wildman–Crippen MR) is 78.4 cm³/mol. The molecule has 0 aromatic carbocycles. The third-order valence-electron chi connectivity index (χ3n) is 3.35. The molecule has 0 bridgehead atoms. The zero-order valence-corrected chi connectivity index (χ0v) is 12.9. The Kier molecular flexibility index (Phi) is 9.94. The lowest BCUT2D eigenvalue weighted by atomic mass is 10.2. The number of quaternary nitrogens is 1. The number of carbonyl (C=O) groups excluding carboxylic acids is 1. The highest BCUT2D eigenvalue weighted by molar-refractivity contribution is 8.13. The second kappa shape index (κ2) is 9.95. The second-order valence-electron chi connectivity index (χ2n) is 4.80. The smallest absolute Gasteiger partial charge is 0.189 e. The standard InChI is InChI=1S/C14H30NOS/c1-5-9-14(16)17-13-12-15(8-4,10-6-2)11-7-3/h5-13H2,1-4H3/q+1. The Morgan fingerprint density at radius 2 is 1.53 bits per heavy atom. The Balaban J connectivity index is 4.10. The number of hydrogen-bond donors (Lipinski definition) is 0. The van der Waals surface area contributed by atoms with E-state index >= 15 is 0 Å². The highest BCUT2D eigenvalue weighted by atomic mass is 32.2. The SMILES string of the molecule is CCCC(=O)SCC[N+](CC)(CCC)CCC. The highest BCUT2D eigenvalue weighted by Crippen LogP contribution is 2.14. The van der Waals surface area contributed by atoms with Crippen molar-refractivity contribution in [2.75, 3.05) is 31.9 Å². The van der Waals surface area contributed by atoms with Crippen LogP contribution < -0.4 is 0 Å². The van der Waals surface area contributed by atoms with E-state index in [0.717, 1.165) is 25.1 Å². The first kappa shape index (κ1) is 17.0. The van der Waals surface area contributed by atoms with Crippen LogP contribution in [0.3, 0.4) is 0 Å². The van der Waals surface area contributed by atoms with Gasteiger partial charge in [0.05, 0.1) is 31.9 Å². The van der Waals surface area contributed by atoms with Crippen molar-refractivity contribution in [1.29, 1.82) is 0 Å². The fourth-order valence-electron chi connectivity index (χ4n) is 2.39. The number of nitrogens with zero attached hydrogens (tertiary/aromatic N) is 1. The van der Waals surface area contributed by atoms with Crippen LogP contribution in [-0.2, 0) is 4.79 Å². The van der Waals surface area contributed by atoms with Gasteiger partial charge in [-0.15, -0.1) is 0 Å². The Bertz CT molecular complexity index is 200. The molecule has 102 valence electrons. The molecule has 0 atom stereocenters. The van der Waals surface area contributed by atoms with E-state index in [0.29, 0.717) is 5.12 Å². The van der Waals surface area contributed by atoms with E-state index < -0.39 is 0 Å². The Morgan fingerprint density at radius 3 is 1.94 bits per heavy atom. The summed E-state index contributed by atoms with van der Waals surface area (Å²) in [6.45, 7) is 13.7. The van der Waals surface area contributed by atoms with Crippen LogP contribution in [0.5, 0.6) is 0 Å². The summed E-state index contributed by atoms with van der Waals surface area (Å²) >= 11 is 1.54. The highest BCUT2D eigenvalue weighted by Gasteiger charge is 2.23. The number of thioether (sulfide) groups is 1. The van der Waals surface area contributed by atoms with E-state index in [9.17, 15) is 4.79 Å². The minimum Gasteiger partial charge on any atom is -0.323 e. The maximum absolute atomic E-state index is 11.5. The molecule has 0 amide bonds. The van der Waals surface area contributed by atoms with Crippen LogP contribution in [-0.4, -0.2) is 41.5 Å². The van der Waals surface area contributed by atoms with Gasteiger partial charge >= 0.3 is 0 Å². The summed E-state index contributed by atoms with van der Waals surface area (Å²) in [5, 5.41) is 0.370. The summed E-state index contributed by atoms with van der Waals surface area (Å²) in [5.41, 5.74) is 0. The minimum atomic E-state index is 0.370. The largest absolute Gasteiger partial charge is 0.323 e. The van der Waals surface area contributed by atoms with Crippen molar-refractivity contribution in [3.63, 3.8) is 0 Å². The van der Waals surface area contributed by atoms with Crippen LogP contribution >= 0.6 is 11.8 Å². The van der Waals surface area contributed by atoms with Crippen molar-refractivity contribution in [1.82, 2.24) is 0 Å². The summed E-state index contributed by atoms with van der Waals surface area (Å²) < 4.78 is 1.19.